The molecule has 10 nitrogen and oxygen atoms in total. The van der Waals surface area contributed by atoms with Crippen LogP contribution in [0.15, 0.2) is 60.9 Å². The van der Waals surface area contributed by atoms with Gasteiger partial charge >= 0.3 is 0 Å². The summed E-state index contributed by atoms with van der Waals surface area (Å²) in [6.45, 7) is 12.9. The zero-order valence-electron chi connectivity index (χ0n) is 26.1. The van der Waals surface area contributed by atoms with E-state index in [-0.39, 0.29) is 11.4 Å². The predicted molar refractivity (Wildman–Crippen MR) is 172 cm³/mol. The second-order valence-corrected chi connectivity index (χ2v) is 11.8. The van der Waals surface area contributed by atoms with Gasteiger partial charge in [-0.1, -0.05) is 6.07 Å². The lowest BCUT2D eigenvalue weighted by Gasteiger charge is -2.26. The molecule has 2 N–H and O–H groups in total. The summed E-state index contributed by atoms with van der Waals surface area (Å²) in [5, 5.41) is 7.23. The van der Waals surface area contributed by atoms with Gasteiger partial charge in [0, 0.05) is 47.9 Å². The molecular weight excluding hydrogens is 558 g/mol. The molecule has 1 saturated heterocycles. The number of hydrogen-bond acceptors (Lipinski definition) is 9. The normalized spacial score (nSPS) is 13.8. The topological polar surface area (TPSA) is 107 Å². The summed E-state index contributed by atoms with van der Waals surface area (Å²) in [5.41, 5.74) is 2.72. The van der Waals surface area contributed by atoms with E-state index in [1.54, 1.807) is 19.2 Å². The summed E-state index contributed by atoms with van der Waals surface area (Å²) in [7, 11) is 1.63. The van der Waals surface area contributed by atoms with Crippen molar-refractivity contribution in [3.63, 3.8) is 0 Å². The van der Waals surface area contributed by atoms with Crippen molar-refractivity contribution in [1.82, 2.24) is 20.2 Å². The Kier molecular flexibility index (Phi) is 9.82. The third-order valence-electron chi connectivity index (χ3n) is 7.15. The standard InChI is InChI=1S/C34H41N5O5/c1-23-18-25(10-11-29(23)44-26-9-6-8-24(19-26)33(40)38-34(2,3)4)37-32-27-20-31(30(41-5)21-28(27)35-22-36-32)43-15-7-12-39-13-16-42-17-14-39/h6,8-11,18-22H,7,12-17H2,1-5H3,(H,38,40)(H,35,36,37). The number of morpholine rings is 1. The molecule has 1 amide bonds. The Morgan fingerprint density at radius 2 is 1.82 bits per heavy atom. The van der Waals surface area contributed by atoms with Crippen LogP contribution in [0, 0.1) is 6.92 Å². The highest BCUT2D eigenvalue weighted by Crippen LogP contribution is 2.35. The number of benzene rings is 3. The third kappa shape index (κ3) is 8.15. The summed E-state index contributed by atoms with van der Waals surface area (Å²) in [6.07, 6.45) is 2.43. The van der Waals surface area contributed by atoms with Crippen LogP contribution in [0.5, 0.6) is 23.0 Å². The zero-order valence-corrected chi connectivity index (χ0v) is 26.1. The molecule has 5 rings (SSSR count). The van der Waals surface area contributed by atoms with E-state index >= 15 is 0 Å². The maximum absolute atomic E-state index is 12.6. The van der Waals surface area contributed by atoms with Gasteiger partial charge in [0.25, 0.3) is 5.91 Å². The van der Waals surface area contributed by atoms with Crippen LogP contribution < -0.4 is 24.8 Å². The highest BCUT2D eigenvalue weighted by molar-refractivity contribution is 5.95. The fourth-order valence-corrected chi connectivity index (χ4v) is 4.95. The van der Waals surface area contributed by atoms with Crippen molar-refractivity contribution in [3.05, 3.63) is 72.1 Å². The SMILES string of the molecule is COc1cc2ncnc(Nc3ccc(Oc4cccc(C(=O)NC(C)(C)C)c4)c(C)c3)c2cc1OCCCN1CCOCC1. The van der Waals surface area contributed by atoms with Crippen molar-refractivity contribution < 1.29 is 23.7 Å². The fraction of sp³-hybridized carbons (Fsp3) is 0.382. The first-order chi connectivity index (χ1) is 21.2. The molecule has 2 heterocycles. The van der Waals surface area contributed by atoms with Crippen LogP contribution in [-0.4, -0.2) is 72.9 Å². The molecule has 0 radical (unpaired) electrons. The summed E-state index contributed by atoms with van der Waals surface area (Å²) in [6, 6.07) is 16.8. The van der Waals surface area contributed by atoms with Gasteiger partial charge < -0.3 is 29.6 Å². The first-order valence-electron chi connectivity index (χ1n) is 14.9. The molecule has 0 bridgehead atoms. The van der Waals surface area contributed by atoms with Crippen molar-refractivity contribution in [2.45, 2.75) is 39.7 Å². The molecule has 44 heavy (non-hydrogen) atoms. The molecule has 0 atom stereocenters. The van der Waals surface area contributed by atoms with E-state index < -0.39 is 0 Å². The van der Waals surface area contributed by atoms with Gasteiger partial charge in [-0.25, -0.2) is 9.97 Å². The molecule has 0 unspecified atom stereocenters. The number of rotatable bonds is 11. The summed E-state index contributed by atoms with van der Waals surface area (Å²) in [5.74, 6) is 3.07. The molecule has 232 valence electrons. The number of amides is 1. The monoisotopic (exact) mass is 599 g/mol. The number of fused-ring (bicyclic) bond motifs is 1. The van der Waals surface area contributed by atoms with E-state index in [9.17, 15) is 4.79 Å². The van der Waals surface area contributed by atoms with E-state index in [1.807, 2.05) is 70.2 Å². The van der Waals surface area contributed by atoms with Crippen LogP contribution in [0.3, 0.4) is 0 Å². The van der Waals surface area contributed by atoms with Gasteiger partial charge in [-0.3, -0.25) is 9.69 Å². The van der Waals surface area contributed by atoms with Crippen LogP contribution in [0.2, 0.25) is 0 Å². The van der Waals surface area contributed by atoms with Crippen LogP contribution in [0.4, 0.5) is 11.5 Å². The molecule has 0 saturated carbocycles. The number of aryl methyl sites for hydroxylation is 1. The summed E-state index contributed by atoms with van der Waals surface area (Å²) >= 11 is 0. The number of carbonyl (C=O) groups is 1. The van der Waals surface area contributed by atoms with Crippen molar-refractivity contribution in [1.29, 1.82) is 0 Å². The number of anilines is 2. The summed E-state index contributed by atoms with van der Waals surface area (Å²) in [4.78, 5) is 24.0. The Balaban J connectivity index is 1.28. The first-order valence-corrected chi connectivity index (χ1v) is 14.9. The molecule has 0 aliphatic carbocycles. The van der Waals surface area contributed by atoms with Crippen molar-refractivity contribution >= 4 is 28.3 Å². The third-order valence-corrected chi connectivity index (χ3v) is 7.15. The minimum absolute atomic E-state index is 0.143. The fourth-order valence-electron chi connectivity index (χ4n) is 4.95. The Labute approximate surface area is 258 Å². The second-order valence-electron chi connectivity index (χ2n) is 11.8. The van der Waals surface area contributed by atoms with Gasteiger partial charge in [-0.05, 0) is 82.1 Å². The molecular formula is C34H41N5O5. The van der Waals surface area contributed by atoms with E-state index in [1.165, 1.54) is 6.33 Å². The highest BCUT2D eigenvalue weighted by atomic mass is 16.5. The molecule has 1 aliphatic rings. The maximum atomic E-state index is 12.6. The highest BCUT2D eigenvalue weighted by Gasteiger charge is 2.17. The minimum atomic E-state index is -0.327. The predicted octanol–water partition coefficient (Wildman–Crippen LogP) is 6.11. The van der Waals surface area contributed by atoms with Crippen molar-refractivity contribution in [3.8, 4) is 23.0 Å². The Hall–Kier alpha value is -4.41. The average molecular weight is 600 g/mol. The number of carbonyl (C=O) groups excluding carboxylic acids is 1. The summed E-state index contributed by atoms with van der Waals surface area (Å²) < 4.78 is 23.4. The number of hydrogen-bond donors (Lipinski definition) is 2. The van der Waals surface area contributed by atoms with Gasteiger partial charge in [0.2, 0.25) is 0 Å². The maximum Gasteiger partial charge on any atom is 0.251 e. The van der Waals surface area contributed by atoms with Crippen LogP contribution in [-0.2, 0) is 4.74 Å². The smallest absolute Gasteiger partial charge is 0.251 e. The number of ether oxygens (including phenoxy) is 4. The van der Waals surface area contributed by atoms with Gasteiger partial charge in [-0.2, -0.15) is 0 Å². The number of nitrogens with zero attached hydrogens (tertiary/aromatic N) is 3. The molecule has 1 aromatic heterocycles. The van der Waals surface area contributed by atoms with E-state index in [2.05, 4.69) is 25.5 Å². The largest absolute Gasteiger partial charge is 0.493 e. The lowest BCUT2D eigenvalue weighted by molar-refractivity contribution is 0.0357. The molecule has 1 aliphatic heterocycles. The van der Waals surface area contributed by atoms with Gasteiger partial charge in [0.15, 0.2) is 11.5 Å². The Morgan fingerprint density at radius 1 is 1.00 bits per heavy atom. The van der Waals surface area contributed by atoms with Crippen LogP contribution in [0.1, 0.15) is 43.1 Å². The molecule has 1 fully saturated rings. The van der Waals surface area contributed by atoms with Gasteiger partial charge in [0.1, 0.15) is 23.6 Å². The number of methoxy groups -OCH3 is 1. The molecule has 4 aromatic rings. The Bertz CT molecular complexity index is 1600. The second kappa shape index (κ2) is 13.9. The first kappa shape index (κ1) is 31.0. The molecule has 0 spiro atoms. The van der Waals surface area contributed by atoms with Crippen molar-refractivity contribution in [2.24, 2.45) is 0 Å². The number of aromatic nitrogens is 2. The van der Waals surface area contributed by atoms with E-state index in [0.717, 1.165) is 61.4 Å². The number of nitrogens with one attached hydrogen (secondary N) is 2. The molecule has 10 heteroatoms. The van der Waals surface area contributed by atoms with Gasteiger partial charge in [0.05, 0.1) is 32.4 Å². The van der Waals surface area contributed by atoms with Crippen molar-refractivity contribution in [2.75, 3.05) is 51.9 Å². The van der Waals surface area contributed by atoms with Gasteiger partial charge in [-0.15, -0.1) is 0 Å². The zero-order chi connectivity index (χ0) is 31.1. The Morgan fingerprint density at radius 3 is 2.57 bits per heavy atom. The lowest BCUT2D eigenvalue weighted by Crippen LogP contribution is -2.40. The lowest BCUT2D eigenvalue weighted by atomic mass is 10.1. The quantitative estimate of drug-likeness (QED) is 0.197. The average Bonchev–Trinajstić information content (AvgIpc) is 3.00. The minimum Gasteiger partial charge on any atom is -0.493 e. The van der Waals surface area contributed by atoms with Crippen LogP contribution >= 0.6 is 0 Å². The van der Waals surface area contributed by atoms with E-state index in [4.69, 9.17) is 18.9 Å². The molecule has 3 aromatic carbocycles. The van der Waals surface area contributed by atoms with E-state index in [0.29, 0.717) is 41.0 Å². The van der Waals surface area contributed by atoms with Crippen LogP contribution in [0.25, 0.3) is 10.9 Å².